The minimum atomic E-state index is -0.169. The maximum Gasteiger partial charge on any atom is 0.287 e. The number of aryl methyl sites for hydroxylation is 1. The minimum Gasteiger partial charge on any atom is -0.361 e. The molecule has 2 heterocycles. The highest BCUT2D eigenvalue weighted by Gasteiger charge is 2.17. The van der Waals surface area contributed by atoms with Crippen LogP contribution in [0.1, 0.15) is 48.9 Å². The Kier molecular flexibility index (Phi) is 4.14. The van der Waals surface area contributed by atoms with Gasteiger partial charge in [0.1, 0.15) is 5.76 Å². The third-order valence-electron chi connectivity index (χ3n) is 2.90. The molecule has 1 aromatic rings. The van der Waals surface area contributed by atoms with E-state index in [1.54, 1.807) is 6.07 Å². The van der Waals surface area contributed by atoms with E-state index in [1.165, 1.54) is 6.42 Å². The van der Waals surface area contributed by atoms with Gasteiger partial charge in [0, 0.05) is 25.6 Å². The van der Waals surface area contributed by atoms with Crippen LogP contribution in [0.5, 0.6) is 0 Å². The smallest absolute Gasteiger partial charge is 0.287 e. The molecule has 0 unspecified atom stereocenters. The molecule has 0 aliphatic carbocycles. The van der Waals surface area contributed by atoms with E-state index in [4.69, 9.17) is 4.52 Å². The highest BCUT2D eigenvalue weighted by atomic mass is 16.5. The van der Waals surface area contributed by atoms with Crippen LogP contribution in [0.25, 0.3) is 0 Å². The van der Waals surface area contributed by atoms with Crippen LogP contribution >= 0.6 is 0 Å². The van der Waals surface area contributed by atoms with Crippen molar-refractivity contribution in [2.75, 3.05) is 13.1 Å². The van der Waals surface area contributed by atoms with Gasteiger partial charge in [0.15, 0.2) is 5.69 Å². The summed E-state index contributed by atoms with van der Waals surface area (Å²) < 4.78 is 5.09. The van der Waals surface area contributed by atoms with Crippen LogP contribution < -0.4 is 5.43 Å². The van der Waals surface area contributed by atoms with Gasteiger partial charge in [-0.3, -0.25) is 10.2 Å². The Bertz CT molecular complexity index is 370. The number of hydrazine groups is 1. The molecule has 5 nitrogen and oxygen atoms in total. The number of rotatable bonds is 4. The lowest BCUT2D eigenvalue weighted by Gasteiger charge is -2.26. The van der Waals surface area contributed by atoms with Gasteiger partial charge in [-0.25, -0.2) is 5.01 Å². The quantitative estimate of drug-likeness (QED) is 0.866. The average molecular weight is 237 g/mol. The molecule has 1 fully saturated rings. The molecule has 1 aromatic heterocycles. The van der Waals surface area contributed by atoms with E-state index in [9.17, 15) is 4.79 Å². The number of carbonyl (C=O) groups is 1. The molecular weight excluding hydrogens is 218 g/mol. The first-order chi connectivity index (χ1) is 8.29. The minimum absolute atomic E-state index is 0.169. The highest BCUT2D eigenvalue weighted by molar-refractivity contribution is 5.91. The molecule has 0 bridgehead atoms. The summed E-state index contributed by atoms with van der Waals surface area (Å²) >= 11 is 0. The normalized spacial score (nSPS) is 17.0. The third-order valence-corrected chi connectivity index (χ3v) is 2.90. The van der Waals surface area contributed by atoms with E-state index < -0.39 is 0 Å². The van der Waals surface area contributed by atoms with Gasteiger partial charge in [0.05, 0.1) is 0 Å². The summed E-state index contributed by atoms with van der Waals surface area (Å²) in [5.74, 6) is 0.606. The lowest BCUT2D eigenvalue weighted by atomic mass is 10.2. The largest absolute Gasteiger partial charge is 0.361 e. The van der Waals surface area contributed by atoms with E-state index in [0.29, 0.717) is 5.69 Å². The van der Waals surface area contributed by atoms with Gasteiger partial charge in [-0.2, -0.15) is 0 Å². The lowest BCUT2D eigenvalue weighted by Crippen LogP contribution is -2.45. The van der Waals surface area contributed by atoms with Gasteiger partial charge in [-0.15, -0.1) is 0 Å². The fraction of sp³-hybridized carbons (Fsp3) is 0.667. The predicted molar refractivity (Wildman–Crippen MR) is 63.4 cm³/mol. The summed E-state index contributed by atoms with van der Waals surface area (Å²) in [5, 5.41) is 5.74. The topological polar surface area (TPSA) is 58.4 Å². The zero-order valence-electron chi connectivity index (χ0n) is 10.2. The monoisotopic (exact) mass is 237 g/mol. The van der Waals surface area contributed by atoms with Crippen LogP contribution in [0.4, 0.5) is 0 Å². The summed E-state index contributed by atoms with van der Waals surface area (Å²) in [7, 11) is 0. The van der Waals surface area contributed by atoms with Crippen molar-refractivity contribution in [3.8, 4) is 0 Å². The Morgan fingerprint density at radius 3 is 2.94 bits per heavy atom. The molecule has 0 radical (unpaired) electrons. The van der Waals surface area contributed by atoms with Gasteiger partial charge in [-0.05, 0) is 19.3 Å². The van der Waals surface area contributed by atoms with Crippen molar-refractivity contribution in [2.24, 2.45) is 0 Å². The van der Waals surface area contributed by atoms with Crippen molar-refractivity contribution in [2.45, 2.75) is 39.0 Å². The zero-order valence-corrected chi connectivity index (χ0v) is 10.2. The summed E-state index contributed by atoms with van der Waals surface area (Å²) in [6.07, 6.45) is 5.34. The number of piperidine rings is 1. The first-order valence-electron chi connectivity index (χ1n) is 6.31. The molecule has 1 saturated heterocycles. The summed E-state index contributed by atoms with van der Waals surface area (Å²) in [6.45, 7) is 3.91. The van der Waals surface area contributed by atoms with E-state index in [0.717, 1.165) is 44.5 Å². The van der Waals surface area contributed by atoms with Crippen LogP contribution in [-0.4, -0.2) is 29.2 Å². The predicted octanol–water partition coefficient (Wildman–Crippen LogP) is 1.76. The molecule has 0 aromatic carbocycles. The van der Waals surface area contributed by atoms with Crippen LogP contribution in [0.2, 0.25) is 0 Å². The van der Waals surface area contributed by atoms with Crippen LogP contribution in [-0.2, 0) is 6.42 Å². The molecule has 1 N–H and O–H groups in total. The van der Waals surface area contributed by atoms with E-state index >= 15 is 0 Å². The van der Waals surface area contributed by atoms with Crippen molar-refractivity contribution in [1.82, 2.24) is 15.6 Å². The fourth-order valence-electron chi connectivity index (χ4n) is 1.99. The summed E-state index contributed by atoms with van der Waals surface area (Å²) in [4.78, 5) is 11.9. The van der Waals surface area contributed by atoms with Gasteiger partial charge < -0.3 is 4.52 Å². The molecule has 94 valence electrons. The molecule has 0 saturated carbocycles. The summed E-state index contributed by atoms with van der Waals surface area (Å²) in [5.41, 5.74) is 3.24. The number of hydrogen-bond acceptors (Lipinski definition) is 4. The lowest BCUT2D eigenvalue weighted by molar-refractivity contribution is 0.0740. The summed E-state index contributed by atoms with van der Waals surface area (Å²) in [6, 6.07) is 1.72. The van der Waals surface area contributed by atoms with Crippen LogP contribution in [0.3, 0.4) is 0 Å². The van der Waals surface area contributed by atoms with Crippen molar-refractivity contribution in [1.29, 1.82) is 0 Å². The van der Waals surface area contributed by atoms with Gasteiger partial charge in [0.2, 0.25) is 0 Å². The van der Waals surface area contributed by atoms with Crippen LogP contribution in [0, 0.1) is 0 Å². The van der Waals surface area contributed by atoms with Crippen LogP contribution in [0.15, 0.2) is 10.6 Å². The van der Waals surface area contributed by atoms with E-state index in [-0.39, 0.29) is 5.91 Å². The SMILES string of the molecule is CCCc1cc(C(=O)NN2CCCCC2)no1. The molecule has 1 aliphatic heterocycles. The molecule has 0 atom stereocenters. The zero-order chi connectivity index (χ0) is 12.1. The van der Waals surface area contributed by atoms with Crippen molar-refractivity contribution in [3.63, 3.8) is 0 Å². The van der Waals surface area contributed by atoms with Gasteiger partial charge >= 0.3 is 0 Å². The standard InChI is InChI=1S/C12H19N3O2/c1-2-6-10-9-11(14-17-10)12(16)13-15-7-4-3-5-8-15/h9H,2-8H2,1H3,(H,13,16). The number of hydrogen-bond donors (Lipinski definition) is 1. The fourth-order valence-corrected chi connectivity index (χ4v) is 1.99. The Morgan fingerprint density at radius 1 is 1.47 bits per heavy atom. The van der Waals surface area contributed by atoms with Gasteiger partial charge in [-0.1, -0.05) is 18.5 Å². The molecular formula is C12H19N3O2. The number of aromatic nitrogens is 1. The highest BCUT2D eigenvalue weighted by Crippen LogP contribution is 2.09. The molecule has 1 aliphatic rings. The second kappa shape index (κ2) is 5.82. The Balaban J connectivity index is 1.89. The third kappa shape index (κ3) is 3.30. The Morgan fingerprint density at radius 2 is 2.24 bits per heavy atom. The van der Waals surface area contributed by atoms with Crippen molar-refractivity contribution >= 4 is 5.91 Å². The Hall–Kier alpha value is -1.36. The van der Waals surface area contributed by atoms with Crippen molar-refractivity contribution < 1.29 is 9.32 Å². The number of amides is 1. The first kappa shape index (κ1) is 12.1. The molecule has 2 rings (SSSR count). The first-order valence-corrected chi connectivity index (χ1v) is 6.31. The average Bonchev–Trinajstić information content (AvgIpc) is 2.79. The van der Waals surface area contributed by atoms with Gasteiger partial charge in [0.25, 0.3) is 5.91 Å². The number of nitrogens with zero attached hydrogens (tertiary/aromatic N) is 2. The Labute approximate surface area is 101 Å². The molecule has 17 heavy (non-hydrogen) atoms. The second-order valence-electron chi connectivity index (χ2n) is 4.42. The number of carbonyl (C=O) groups excluding carboxylic acids is 1. The molecule has 1 amide bonds. The number of nitrogens with one attached hydrogen (secondary N) is 1. The van der Waals surface area contributed by atoms with Crippen molar-refractivity contribution in [3.05, 3.63) is 17.5 Å². The second-order valence-corrected chi connectivity index (χ2v) is 4.42. The maximum atomic E-state index is 11.9. The van der Waals surface area contributed by atoms with E-state index in [2.05, 4.69) is 17.5 Å². The maximum absolute atomic E-state index is 11.9. The molecule has 0 spiro atoms. The molecule has 5 heteroatoms. The van der Waals surface area contributed by atoms with E-state index in [1.807, 2.05) is 5.01 Å².